The minimum Gasteiger partial charge on any atom is -0.298 e. The minimum absolute atomic E-state index is 0.234. The summed E-state index contributed by atoms with van der Waals surface area (Å²) < 4.78 is 0. The first-order valence-electron chi connectivity index (χ1n) is 4.98. The van der Waals surface area contributed by atoms with Crippen LogP contribution in [-0.4, -0.2) is 5.78 Å². The molecule has 0 aliphatic heterocycles. The number of allylic oxidation sites excluding steroid dienone is 2. The van der Waals surface area contributed by atoms with E-state index in [0.29, 0.717) is 6.42 Å². The maximum atomic E-state index is 12.2. The third-order valence-corrected chi connectivity index (χ3v) is 2.90. The lowest BCUT2D eigenvalue weighted by Gasteiger charge is -2.33. The van der Waals surface area contributed by atoms with Gasteiger partial charge in [-0.05, 0) is 27.2 Å². The molecule has 0 aromatic carbocycles. The number of carbonyl (C=O) groups is 1. The van der Waals surface area contributed by atoms with Gasteiger partial charge in [0.2, 0.25) is 0 Å². The van der Waals surface area contributed by atoms with Gasteiger partial charge in [-0.1, -0.05) is 32.1 Å². The number of ketones is 1. The molecular formula is C13H22O. The summed E-state index contributed by atoms with van der Waals surface area (Å²) in [4.78, 5) is 12.2. The molecule has 0 aromatic heterocycles. The lowest BCUT2D eigenvalue weighted by Crippen LogP contribution is -2.37. The zero-order valence-corrected chi connectivity index (χ0v) is 10.1. The van der Waals surface area contributed by atoms with Gasteiger partial charge in [0.15, 0.2) is 0 Å². The summed E-state index contributed by atoms with van der Waals surface area (Å²) in [6, 6.07) is 0. The monoisotopic (exact) mass is 194 g/mol. The van der Waals surface area contributed by atoms with Gasteiger partial charge in [0.1, 0.15) is 5.78 Å². The Balaban J connectivity index is 4.94. The number of carbonyl (C=O) groups excluding carboxylic acids is 1. The Morgan fingerprint density at radius 3 is 2.00 bits per heavy atom. The van der Waals surface area contributed by atoms with Gasteiger partial charge in [-0.3, -0.25) is 4.79 Å². The third kappa shape index (κ3) is 2.57. The van der Waals surface area contributed by atoms with Gasteiger partial charge >= 0.3 is 0 Å². The highest BCUT2D eigenvalue weighted by molar-refractivity contribution is 5.91. The summed E-state index contributed by atoms with van der Waals surface area (Å²) in [5.41, 5.74) is 0.135. The molecule has 0 radical (unpaired) electrons. The lowest BCUT2D eigenvalue weighted by atomic mass is 9.69. The smallest absolute Gasteiger partial charge is 0.148 e. The van der Waals surface area contributed by atoms with E-state index >= 15 is 0 Å². The van der Waals surface area contributed by atoms with Crippen LogP contribution < -0.4 is 0 Å². The molecule has 0 heterocycles. The molecule has 0 saturated heterocycles. The van der Waals surface area contributed by atoms with E-state index in [9.17, 15) is 4.79 Å². The van der Waals surface area contributed by atoms with E-state index in [1.54, 1.807) is 6.08 Å². The first kappa shape index (κ1) is 13.2. The van der Waals surface area contributed by atoms with E-state index in [1.807, 2.05) is 34.6 Å². The highest BCUT2D eigenvalue weighted by Crippen LogP contribution is 2.36. The van der Waals surface area contributed by atoms with Gasteiger partial charge in [0.05, 0.1) is 0 Å². The van der Waals surface area contributed by atoms with Crippen molar-refractivity contribution < 1.29 is 4.79 Å². The second-order valence-corrected chi connectivity index (χ2v) is 5.11. The Morgan fingerprint density at radius 1 is 1.29 bits per heavy atom. The number of rotatable bonds is 5. The van der Waals surface area contributed by atoms with Crippen molar-refractivity contribution in [1.82, 2.24) is 0 Å². The Labute approximate surface area is 87.9 Å². The molecule has 0 fully saturated rings. The topological polar surface area (TPSA) is 17.1 Å². The molecule has 0 atom stereocenters. The van der Waals surface area contributed by atoms with Crippen LogP contribution in [0.15, 0.2) is 24.8 Å². The molecule has 14 heavy (non-hydrogen) atoms. The predicted molar refractivity (Wildman–Crippen MR) is 62.2 cm³/mol. The average molecular weight is 194 g/mol. The molecule has 0 rings (SSSR count). The predicted octanol–water partition coefficient (Wildman–Crippen LogP) is 3.76. The summed E-state index contributed by atoms with van der Waals surface area (Å²) in [6.07, 6.45) is 2.51. The molecule has 0 aromatic rings. The average Bonchev–Trinajstić information content (AvgIpc) is 2.02. The van der Waals surface area contributed by atoms with Crippen molar-refractivity contribution in [1.29, 1.82) is 0 Å². The van der Waals surface area contributed by atoms with E-state index in [2.05, 4.69) is 13.2 Å². The van der Waals surface area contributed by atoms with Gasteiger partial charge in [0.25, 0.3) is 0 Å². The fraction of sp³-hybridized carbons (Fsp3) is 0.615. The molecule has 0 aliphatic carbocycles. The molecule has 0 aliphatic rings. The highest BCUT2D eigenvalue weighted by atomic mass is 16.1. The van der Waals surface area contributed by atoms with Crippen molar-refractivity contribution >= 4 is 5.78 Å². The zero-order chi connectivity index (χ0) is 11.6. The van der Waals surface area contributed by atoms with Crippen molar-refractivity contribution in [2.45, 2.75) is 41.0 Å². The van der Waals surface area contributed by atoms with Crippen molar-refractivity contribution in [2.75, 3.05) is 0 Å². The Morgan fingerprint density at radius 2 is 1.71 bits per heavy atom. The second kappa shape index (κ2) is 4.12. The number of hydrogen-bond acceptors (Lipinski definition) is 1. The molecule has 0 unspecified atom stereocenters. The highest BCUT2D eigenvalue weighted by Gasteiger charge is 2.38. The van der Waals surface area contributed by atoms with Gasteiger partial charge < -0.3 is 0 Å². The maximum absolute atomic E-state index is 12.2. The normalized spacial score (nSPS) is 12.4. The van der Waals surface area contributed by atoms with Gasteiger partial charge in [-0.15, -0.1) is 6.58 Å². The summed E-state index contributed by atoms with van der Waals surface area (Å²) in [5, 5.41) is 0. The van der Waals surface area contributed by atoms with Gasteiger partial charge in [-0.2, -0.15) is 0 Å². The quantitative estimate of drug-likeness (QED) is 0.609. The Hall–Kier alpha value is -0.850. The summed E-state index contributed by atoms with van der Waals surface area (Å²) >= 11 is 0. The van der Waals surface area contributed by atoms with E-state index in [0.717, 1.165) is 5.57 Å². The minimum atomic E-state index is -0.438. The Kier molecular flexibility index (Phi) is 3.87. The van der Waals surface area contributed by atoms with Crippen LogP contribution in [0.4, 0.5) is 0 Å². The number of hydrogen-bond donors (Lipinski definition) is 0. The molecule has 0 spiro atoms. The molecule has 0 saturated carbocycles. The molecule has 80 valence electrons. The third-order valence-electron chi connectivity index (χ3n) is 2.90. The van der Waals surface area contributed by atoms with Crippen LogP contribution in [0.1, 0.15) is 41.0 Å². The van der Waals surface area contributed by atoms with Crippen molar-refractivity contribution in [3.8, 4) is 0 Å². The van der Waals surface area contributed by atoms with Crippen molar-refractivity contribution in [2.24, 2.45) is 10.8 Å². The van der Waals surface area contributed by atoms with Crippen LogP contribution in [-0.2, 0) is 4.79 Å². The SMILES string of the molecule is C=CCC(C)(C)C(=O)C(C)(C)C(=C)C. The molecular weight excluding hydrogens is 172 g/mol. The second-order valence-electron chi connectivity index (χ2n) is 5.11. The van der Waals surface area contributed by atoms with Crippen LogP contribution in [0.5, 0.6) is 0 Å². The number of Topliss-reactive ketones (excluding diaryl/α,β-unsaturated/α-hetero) is 1. The first-order valence-corrected chi connectivity index (χ1v) is 4.98. The van der Waals surface area contributed by atoms with E-state index in [1.165, 1.54) is 0 Å². The van der Waals surface area contributed by atoms with E-state index in [-0.39, 0.29) is 11.2 Å². The molecule has 1 heteroatoms. The van der Waals surface area contributed by atoms with Crippen LogP contribution in [0.3, 0.4) is 0 Å². The fourth-order valence-corrected chi connectivity index (χ4v) is 1.49. The summed E-state index contributed by atoms with van der Waals surface area (Å²) in [7, 11) is 0. The Bertz CT molecular complexity index is 256. The van der Waals surface area contributed by atoms with Crippen LogP contribution in [0.2, 0.25) is 0 Å². The van der Waals surface area contributed by atoms with Gasteiger partial charge in [0, 0.05) is 10.8 Å². The lowest BCUT2D eigenvalue weighted by molar-refractivity contribution is -0.133. The van der Waals surface area contributed by atoms with Crippen molar-refractivity contribution in [3.63, 3.8) is 0 Å². The first-order chi connectivity index (χ1) is 6.16. The fourth-order valence-electron chi connectivity index (χ4n) is 1.49. The van der Waals surface area contributed by atoms with Crippen LogP contribution >= 0.6 is 0 Å². The van der Waals surface area contributed by atoms with Crippen LogP contribution in [0.25, 0.3) is 0 Å². The van der Waals surface area contributed by atoms with E-state index < -0.39 is 5.41 Å². The molecule has 0 bridgehead atoms. The van der Waals surface area contributed by atoms with Crippen molar-refractivity contribution in [3.05, 3.63) is 24.8 Å². The van der Waals surface area contributed by atoms with E-state index in [4.69, 9.17) is 0 Å². The summed E-state index contributed by atoms with van der Waals surface area (Å²) in [6.45, 7) is 17.2. The molecule has 0 amide bonds. The zero-order valence-electron chi connectivity index (χ0n) is 10.1. The van der Waals surface area contributed by atoms with Gasteiger partial charge in [-0.25, -0.2) is 0 Å². The molecule has 0 N–H and O–H groups in total. The summed E-state index contributed by atoms with van der Waals surface area (Å²) in [5.74, 6) is 0.234. The molecule has 1 nitrogen and oxygen atoms in total. The standard InChI is InChI=1S/C13H22O/c1-8-9-12(4,5)11(14)13(6,7)10(2)3/h8H,1-2,9H2,3-7H3. The van der Waals surface area contributed by atoms with Crippen LogP contribution in [0, 0.1) is 10.8 Å². The maximum Gasteiger partial charge on any atom is 0.148 e. The largest absolute Gasteiger partial charge is 0.298 e.